The van der Waals surface area contributed by atoms with E-state index in [0.29, 0.717) is 0 Å². The normalized spacial score (nSPS) is 11.4. The zero-order valence-corrected chi connectivity index (χ0v) is 12.1. The van der Waals surface area contributed by atoms with Crippen LogP contribution in [0, 0.1) is 0 Å². The molecule has 0 fully saturated rings. The lowest BCUT2D eigenvalue weighted by atomic mass is 10.3. The molecule has 0 radical (unpaired) electrons. The summed E-state index contributed by atoms with van der Waals surface area (Å²) >= 11 is 1.67. The summed E-state index contributed by atoms with van der Waals surface area (Å²) in [6, 6.07) is 20.4. The van der Waals surface area contributed by atoms with Gasteiger partial charge in [-0.05, 0) is 37.4 Å². The highest BCUT2D eigenvalue weighted by molar-refractivity contribution is 8.13. The van der Waals surface area contributed by atoms with Gasteiger partial charge in [-0.2, -0.15) is 0 Å². The Bertz CT molecular complexity index is 523. The smallest absolute Gasteiger partial charge is 0.168 e. The highest BCUT2D eigenvalue weighted by Crippen LogP contribution is 2.21. The molecule has 0 aromatic heterocycles. The van der Waals surface area contributed by atoms with Gasteiger partial charge in [0.25, 0.3) is 0 Å². The average Bonchev–Trinajstić information content (AvgIpc) is 2.49. The van der Waals surface area contributed by atoms with Crippen molar-refractivity contribution < 1.29 is 0 Å². The summed E-state index contributed by atoms with van der Waals surface area (Å²) in [5, 5.41) is 1.01. The van der Waals surface area contributed by atoms with Crippen molar-refractivity contribution in [1.29, 1.82) is 0 Å². The van der Waals surface area contributed by atoms with E-state index < -0.39 is 0 Å². The van der Waals surface area contributed by atoms with Crippen LogP contribution in [0.1, 0.15) is 6.92 Å². The van der Waals surface area contributed by atoms with Crippen LogP contribution in [0.5, 0.6) is 0 Å². The molecule has 0 aliphatic carbocycles. The van der Waals surface area contributed by atoms with E-state index in [1.807, 2.05) is 36.4 Å². The van der Waals surface area contributed by atoms with Gasteiger partial charge in [0.05, 0.1) is 5.69 Å². The Morgan fingerprint density at radius 3 is 2.11 bits per heavy atom. The van der Waals surface area contributed by atoms with Crippen LogP contribution in [0.2, 0.25) is 0 Å². The van der Waals surface area contributed by atoms with Crippen molar-refractivity contribution in [3.05, 3.63) is 60.7 Å². The molecule has 0 bridgehead atoms. The lowest BCUT2D eigenvalue weighted by molar-refractivity contribution is 1.07. The van der Waals surface area contributed by atoms with E-state index in [4.69, 9.17) is 4.99 Å². The number of rotatable bonds is 3. The fraction of sp³-hybridized carbons (Fsp3) is 0.188. The van der Waals surface area contributed by atoms with Gasteiger partial charge in [0, 0.05) is 12.2 Å². The molecule has 2 aromatic carbocycles. The molecule has 0 spiro atoms. The van der Waals surface area contributed by atoms with Gasteiger partial charge in [-0.15, -0.1) is 0 Å². The molecule has 0 saturated carbocycles. The number of nitrogens with zero attached hydrogens (tertiary/aromatic N) is 2. The number of aliphatic imine (C=N–C) groups is 1. The summed E-state index contributed by atoms with van der Waals surface area (Å²) in [7, 11) is 0. The van der Waals surface area contributed by atoms with Crippen molar-refractivity contribution in [3.63, 3.8) is 0 Å². The highest BCUT2D eigenvalue weighted by Gasteiger charge is 2.10. The number of anilines is 1. The van der Waals surface area contributed by atoms with Crippen molar-refractivity contribution in [2.24, 2.45) is 4.99 Å². The first-order valence-electron chi connectivity index (χ1n) is 6.35. The van der Waals surface area contributed by atoms with Crippen molar-refractivity contribution >= 4 is 28.3 Å². The lowest BCUT2D eigenvalue weighted by Crippen LogP contribution is -2.27. The fourth-order valence-corrected chi connectivity index (χ4v) is 2.52. The van der Waals surface area contributed by atoms with Crippen LogP contribution in [0.3, 0.4) is 0 Å². The Labute approximate surface area is 119 Å². The average molecular weight is 270 g/mol. The Balaban J connectivity index is 2.32. The van der Waals surface area contributed by atoms with Crippen LogP contribution < -0.4 is 4.90 Å². The molecule has 0 atom stereocenters. The van der Waals surface area contributed by atoms with Crippen molar-refractivity contribution in [2.45, 2.75) is 6.92 Å². The lowest BCUT2D eigenvalue weighted by Gasteiger charge is -2.23. The molecular formula is C16H18N2S. The highest BCUT2D eigenvalue weighted by atomic mass is 32.2. The Hall–Kier alpha value is -1.74. The summed E-state index contributed by atoms with van der Waals surface area (Å²) in [5.41, 5.74) is 2.16. The quantitative estimate of drug-likeness (QED) is 0.600. The molecule has 0 heterocycles. The van der Waals surface area contributed by atoms with Gasteiger partial charge in [-0.1, -0.05) is 48.2 Å². The predicted molar refractivity (Wildman–Crippen MR) is 86.5 cm³/mol. The van der Waals surface area contributed by atoms with Gasteiger partial charge in [0.15, 0.2) is 5.17 Å². The topological polar surface area (TPSA) is 15.6 Å². The maximum atomic E-state index is 4.73. The molecule has 98 valence electrons. The second kappa shape index (κ2) is 7.00. The molecule has 2 rings (SSSR count). The van der Waals surface area contributed by atoms with Crippen molar-refractivity contribution in [2.75, 3.05) is 17.7 Å². The molecule has 0 amide bonds. The summed E-state index contributed by atoms with van der Waals surface area (Å²) in [6.07, 6.45) is 2.06. The minimum absolute atomic E-state index is 0.899. The monoisotopic (exact) mass is 270 g/mol. The van der Waals surface area contributed by atoms with E-state index in [9.17, 15) is 0 Å². The van der Waals surface area contributed by atoms with E-state index >= 15 is 0 Å². The van der Waals surface area contributed by atoms with Crippen LogP contribution in [0.15, 0.2) is 65.7 Å². The van der Waals surface area contributed by atoms with Crippen LogP contribution in [0.4, 0.5) is 11.4 Å². The molecule has 0 N–H and O–H groups in total. The summed E-state index contributed by atoms with van der Waals surface area (Å²) in [5.74, 6) is 0. The molecule has 0 aliphatic rings. The van der Waals surface area contributed by atoms with Gasteiger partial charge in [0.2, 0.25) is 0 Å². The first-order valence-corrected chi connectivity index (χ1v) is 7.58. The van der Waals surface area contributed by atoms with E-state index in [1.54, 1.807) is 11.8 Å². The minimum atomic E-state index is 0.899. The Morgan fingerprint density at radius 1 is 1.00 bits per heavy atom. The third kappa shape index (κ3) is 3.61. The molecule has 2 nitrogen and oxygen atoms in total. The molecule has 19 heavy (non-hydrogen) atoms. The van der Waals surface area contributed by atoms with Gasteiger partial charge in [-0.3, -0.25) is 0 Å². The van der Waals surface area contributed by atoms with Crippen LogP contribution in [0.25, 0.3) is 0 Å². The van der Waals surface area contributed by atoms with Gasteiger partial charge in [-0.25, -0.2) is 4.99 Å². The molecule has 3 heteroatoms. The largest absolute Gasteiger partial charge is 0.321 e. The summed E-state index contributed by atoms with van der Waals surface area (Å²) in [4.78, 5) is 6.95. The number of hydrogen-bond donors (Lipinski definition) is 0. The standard InChI is InChI=1S/C16H18N2S/c1-3-18(15-12-8-5-9-13-15)16(19-2)17-14-10-6-4-7-11-14/h4-13H,3H2,1-2H3. The second-order valence-corrected chi connectivity index (χ2v) is 4.79. The third-order valence-electron chi connectivity index (χ3n) is 2.78. The van der Waals surface area contributed by atoms with Crippen molar-refractivity contribution in [3.8, 4) is 0 Å². The predicted octanol–water partition coefficient (Wildman–Crippen LogP) is 4.56. The molecule has 0 unspecified atom stereocenters. The fourth-order valence-electron chi connectivity index (χ4n) is 1.87. The van der Waals surface area contributed by atoms with E-state index in [2.05, 4.69) is 42.3 Å². The first kappa shape index (κ1) is 13.7. The molecule has 2 aromatic rings. The molecule has 0 aliphatic heterocycles. The number of para-hydroxylation sites is 2. The maximum absolute atomic E-state index is 4.73. The number of hydrogen-bond acceptors (Lipinski definition) is 2. The van der Waals surface area contributed by atoms with E-state index in [0.717, 1.165) is 17.4 Å². The zero-order chi connectivity index (χ0) is 13.5. The number of benzene rings is 2. The van der Waals surface area contributed by atoms with Gasteiger partial charge in [0.1, 0.15) is 0 Å². The third-order valence-corrected chi connectivity index (χ3v) is 3.46. The summed E-state index contributed by atoms with van der Waals surface area (Å²) < 4.78 is 0. The second-order valence-electron chi connectivity index (χ2n) is 4.01. The van der Waals surface area contributed by atoms with Gasteiger partial charge >= 0.3 is 0 Å². The van der Waals surface area contributed by atoms with E-state index in [1.165, 1.54) is 5.69 Å². The molecule has 0 saturated heterocycles. The van der Waals surface area contributed by atoms with Crippen LogP contribution in [-0.2, 0) is 0 Å². The Morgan fingerprint density at radius 2 is 1.58 bits per heavy atom. The summed E-state index contributed by atoms with van der Waals surface area (Å²) in [6.45, 7) is 3.04. The molecular weight excluding hydrogens is 252 g/mol. The van der Waals surface area contributed by atoms with Gasteiger partial charge < -0.3 is 4.90 Å². The number of thioether (sulfide) groups is 1. The van der Waals surface area contributed by atoms with Crippen LogP contribution >= 0.6 is 11.8 Å². The van der Waals surface area contributed by atoms with Crippen LogP contribution in [-0.4, -0.2) is 18.0 Å². The SMILES string of the molecule is CCN(C(=Nc1ccccc1)SC)c1ccccc1. The maximum Gasteiger partial charge on any atom is 0.168 e. The zero-order valence-electron chi connectivity index (χ0n) is 11.3. The first-order chi connectivity index (χ1) is 9.35. The van der Waals surface area contributed by atoms with E-state index in [-0.39, 0.29) is 0 Å². The van der Waals surface area contributed by atoms with Crippen molar-refractivity contribution in [1.82, 2.24) is 0 Å². The minimum Gasteiger partial charge on any atom is -0.321 e. The number of amidine groups is 1. The Kier molecular flexibility index (Phi) is 5.04.